The molecule has 210 valence electrons. The van der Waals surface area contributed by atoms with Crippen molar-refractivity contribution in [3.63, 3.8) is 0 Å². The van der Waals surface area contributed by atoms with E-state index < -0.39 is 0 Å². The van der Waals surface area contributed by atoms with E-state index in [0.717, 1.165) is 49.4 Å². The first-order valence-electron chi connectivity index (χ1n) is 14.7. The van der Waals surface area contributed by atoms with Gasteiger partial charge in [0.25, 0.3) is 0 Å². The molecule has 0 aliphatic heterocycles. The summed E-state index contributed by atoms with van der Waals surface area (Å²) in [4.78, 5) is 25.1. The first kappa shape index (κ1) is 24.5. The topological polar surface area (TPSA) is 74.3 Å². The molecule has 0 spiro atoms. The number of hydrogen-bond donors (Lipinski definition) is 0. The number of thiophene rings is 1. The lowest BCUT2D eigenvalue weighted by molar-refractivity contribution is 0.884. The summed E-state index contributed by atoms with van der Waals surface area (Å²) >= 11 is 1.80. The van der Waals surface area contributed by atoms with Crippen LogP contribution in [0.5, 0.6) is 0 Å². The van der Waals surface area contributed by atoms with Crippen molar-refractivity contribution in [3.05, 3.63) is 128 Å². The van der Waals surface area contributed by atoms with Gasteiger partial charge in [-0.2, -0.15) is 15.0 Å². The second kappa shape index (κ2) is 9.25. The summed E-state index contributed by atoms with van der Waals surface area (Å²) in [6, 6.07) is 39.7. The Bertz CT molecular complexity index is 2550. The minimum absolute atomic E-state index is 0.497. The Kier molecular flexibility index (Phi) is 5.03. The number of pyridine rings is 2. The van der Waals surface area contributed by atoms with Crippen molar-refractivity contribution in [3.8, 4) is 23.3 Å². The lowest BCUT2D eigenvalue weighted by Gasteiger charge is -2.12. The second-order valence-electron chi connectivity index (χ2n) is 11.0. The minimum Gasteiger partial charge on any atom is -0.262 e. The van der Waals surface area contributed by atoms with Crippen LogP contribution in [0.2, 0.25) is 0 Å². The Balaban J connectivity index is 1.32. The Morgan fingerprint density at radius 1 is 0.444 bits per heavy atom. The van der Waals surface area contributed by atoms with Gasteiger partial charge in [0, 0.05) is 59.7 Å². The van der Waals surface area contributed by atoms with Gasteiger partial charge in [-0.3, -0.25) is 9.13 Å². The quantitative estimate of drug-likeness (QED) is 0.204. The lowest BCUT2D eigenvalue weighted by Crippen LogP contribution is -2.10. The lowest BCUT2D eigenvalue weighted by atomic mass is 10.1. The van der Waals surface area contributed by atoms with Crippen molar-refractivity contribution in [1.82, 2.24) is 34.1 Å². The molecule has 0 amide bonds. The maximum atomic E-state index is 5.17. The maximum absolute atomic E-state index is 5.17. The summed E-state index contributed by atoms with van der Waals surface area (Å²) in [5.41, 5.74) is 4.46. The first-order chi connectivity index (χ1) is 22.3. The van der Waals surface area contributed by atoms with Crippen LogP contribution in [-0.2, 0) is 0 Å². The monoisotopic (exact) mass is 595 g/mol. The molecular weight excluding hydrogens is 575 g/mol. The highest BCUT2D eigenvalue weighted by Crippen LogP contribution is 2.37. The third-order valence-electron chi connectivity index (χ3n) is 8.51. The number of para-hydroxylation sites is 2. The summed E-state index contributed by atoms with van der Waals surface area (Å²) in [5.74, 6) is 1.57. The van der Waals surface area contributed by atoms with Crippen molar-refractivity contribution < 1.29 is 0 Å². The van der Waals surface area contributed by atoms with E-state index in [1.807, 2.05) is 57.9 Å². The highest BCUT2D eigenvalue weighted by atomic mass is 32.1. The van der Waals surface area contributed by atoms with Gasteiger partial charge in [-0.05, 0) is 60.7 Å². The molecule has 0 N–H and O–H groups in total. The Morgan fingerprint density at radius 2 is 0.978 bits per heavy atom. The summed E-state index contributed by atoms with van der Waals surface area (Å²) in [5, 5.41) is 6.69. The van der Waals surface area contributed by atoms with E-state index in [4.69, 9.17) is 24.9 Å². The molecular formula is C37H21N7S. The molecule has 0 saturated carbocycles. The highest BCUT2D eigenvalue weighted by molar-refractivity contribution is 7.25. The third-order valence-corrected chi connectivity index (χ3v) is 9.67. The van der Waals surface area contributed by atoms with Crippen LogP contribution in [0.25, 0.3) is 87.3 Å². The van der Waals surface area contributed by atoms with Crippen molar-refractivity contribution in [2.45, 2.75) is 0 Å². The van der Waals surface area contributed by atoms with Crippen LogP contribution in [0.3, 0.4) is 0 Å². The zero-order valence-electron chi connectivity index (χ0n) is 23.7. The number of benzene rings is 4. The molecule has 6 aromatic heterocycles. The van der Waals surface area contributed by atoms with Crippen LogP contribution in [-0.4, -0.2) is 34.1 Å². The average molecular weight is 596 g/mol. The maximum Gasteiger partial charge on any atom is 0.241 e. The standard InChI is InChI=1S/C37H21N7S/c1-4-14-29-23(9-1)26-12-7-19-38-34(26)43(29)36-40-33(22-17-18-32-28(21-22)25-11-3-6-16-31(25)45-32)41-37(42-36)44-30-15-5-2-10-24(30)27-13-8-20-39-35(27)44/h1-21H. The van der Waals surface area contributed by atoms with E-state index in [2.05, 4.69) is 78.9 Å². The fourth-order valence-electron chi connectivity index (χ4n) is 6.54. The van der Waals surface area contributed by atoms with Crippen molar-refractivity contribution in [2.75, 3.05) is 0 Å². The molecule has 0 aliphatic carbocycles. The molecule has 10 rings (SSSR count). The Morgan fingerprint density at radius 3 is 1.62 bits per heavy atom. The van der Waals surface area contributed by atoms with Gasteiger partial charge >= 0.3 is 0 Å². The second-order valence-corrected chi connectivity index (χ2v) is 12.1. The van der Waals surface area contributed by atoms with Crippen LogP contribution in [0, 0.1) is 0 Å². The number of fused-ring (bicyclic) bond motifs is 9. The number of aromatic nitrogens is 7. The summed E-state index contributed by atoms with van der Waals surface area (Å²) in [6.07, 6.45) is 3.63. The smallest absolute Gasteiger partial charge is 0.241 e. The molecule has 45 heavy (non-hydrogen) atoms. The molecule has 4 aromatic carbocycles. The minimum atomic E-state index is 0.497. The van der Waals surface area contributed by atoms with E-state index >= 15 is 0 Å². The SMILES string of the molecule is c1ccc2c(c1)sc1ccc(-c3nc(-n4c5ccccc5c5cccnc54)nc(-n4c5ccccc5c5cccnc54)n3)cc12. The van der Waals surface area contributed by atoms with Crippen LogP contribution in [0.1, 0.15) is 0 Å². The van der Waals surface area contributed by atoms with Crippen molar-refractivity contribution in [2.24, 2.45) is 0 Å². The molecule has 6 heterocycles. The molecule has 0 radical (unpaired) electrons. The van der Waals surface area contributed by atoms with E-state index in [9.17, 15) is 0 Å². The van der Waals surface area contributed by atoms with E-state index in [1.54, 1.807) is 11.3 Å². The van der Waals surface area contributed by atoms with Crippen LogP contribution in [0.4, 0.5) is 0 Å². The molecule has 0 bridgehead atoms. The van der Waals surface area contributed by atoms with Gasteiger partial charge < -0.3 is 0 Å². The third kappa shape index (κ3) is 3.54. The molecule has 0 saturated heterocycles. The van der Waals surface area contributed by atoms with Gasteiger partial charge in [0.15, 0.2) is 5.82 Å². The molecule has 0 fully saturated rings. The molecule has 0 aliphatic rings. The number of rotatable bonds is 3. The largest absolute Gasteiger partial charge is 0.262 e. The molecule has 0 atom stereocenters. The normalized spacial score (nSPS) is 12.0. The summed E-state index contributed by atoms with van der Waals surface area (Å²) in [7, 11) is 0. The van der Waals surface area contributed by atoms with Crippen LogP contribution >= 0.6 is 11.3 Å². The number of hydrogen-bond acceptors (Lipinski definition) is 6. The van der Waals surface area contributed by atoms with E-state index in [0.29, 0.717) is 17.7 Å². The van der Waals surface area contributed by atoms with Crippen molar-refractivity contribution >= 4 is 75.4 Å². The van der Waals surface area contributed by atoms with Gasteiger partial charge in [0.1, 0.15) is 11.3 Å². The Labute approximate surface area is 259 Å². The molecule has 0 unspecified atom stereocenters. The zero-order valence-corrected chi connectivity index (χ0v) is 24.5. The van der Waals surface area contributed by atoms with Gasteiger partial charge in [-0.25, -0.2) is 9.97 Å². The Hall–Kier alpha value is -5.99. The van der Waals surface area contributed by atoms with Gasteiger partial charge in [-0.1, -0.05) is 54.6 Å². The summed E-state index contributed by atoms with van der Waals surface area (Å²) in [6.45, 7) is 0. The average Bonchev–Trinajstić information content (AvgIpc) is 3.75. The molecule has 10 aromatic rings. The molecule has 7 nitrogen and oxygen atoms in total. The van der Waals surface area contributed by atoms with Gasteiger partial charge in [0.05, 0.1) is 11.0 Å². The molecule has 8 heteroatoms. The fourth-order valence-corrected chi connectivity index (χ4v) is 7.63. The predicted molar refractivity (Wildman–Crippen MR) is 182 cm³/mol. The zero-order chi connectivity index (χ0) is 29.5. The first-order valence-corrected chi connectivity index (χ1v) is 15.5. The predicted octanol–water partition coefficient (Wildman–Crippen LogP) is 8.89. The van der Waals surface area contributed by atoms with Crippen LogP contribution in [0.15, 0.2) is 128 Å². The van der Waals surface area contributed by atoms with Crippen molar-refractivity contribution in [1.29, 1.82) is 0 Å². The van der Waals surface area contributed by atoms with E-state index in [-0.39, 0.29) is 0 Å². The van der Waals surface area contributed by atoms with Crippen LogP contribution < -0.4 is 0 Å². The van der Waals surface area contributed by atoms with E-state index in [1.165, 1.54) is 20.2 Å². The fraction of sp³-hybridized carbons (Fsp3) is 0. The van der Waals surface area contributed by atoms with Gasteiger partial charge in [-0.15, -0.1) is 11.3 Å². The van der Waals surface area contributed by atoms with Gasteiger partial charge in [0.2, 0.25) is 11.9 Å². The highest BCUT2D eigenvalue weighted by Gasteiger charge is 2.21. The summed E-state index contributed by atoms with van der Waals surface area (Å²) < 4.78 is 6.57. The number of nitrogens with zero attached hydrogens (tertiary/aromatic N) is 7.